The second-order valence-electron chi connectivity index (χ2n) is 5.17. The Morgan fingerprint density at radius 3 is 2.95 bits per heavy atom. The molecule has 0 bridgehead atoms. The van der Waals surface area contributed by atoms with Crippen LogP contribution in [-0.4, -0.2) is 44.1 Å². The molecule has 2 aromatic heterocycles. The largest absolute Gasteiger partial charge is 0.481 e. The lowest BCUT2D eigenvalue weighted by Gasteiger charge is -2.11. The predicted octanol–water partition coefficient (Wildman–Crippen LogP) is 1.51. The zero-order valence-electron chi connectivity index (χ0n) is 11.3. The highest BCUT2D eigenvalue weighted by Crippen LogP contribution is 2.30. The Kier molecular flexibility index (Phi) is 3.43. The summed E-state index contributed by atoms with van der Waals surface area (Å²) in [6, 6.07) is 0. The number of hydrogen-bond donors (Lipinski definition) is 1. The zero-order valence-corrected chi connectivity index (χ0v) is 12.1. The summed E-state index contributed by atoms with van der Waals surface area (Å²) in [7, 11) is 0. The van der Waals surface area contributed by atoms with E-state index in [-0.39, 0.29) is 11.8 Å². The standard InChI is InChI=1S/C12H16N4O3S/c1-6(7(2)11(17)18)10-15-16-9(8-3-4-19-5-8)13-14-12(16)20-10/h6-8H,3-5H2,1-2H3,(H,17,18). The Bertz CT molecular complexity index is 632. The van der Waals surface area contributed by atoms with Gasteiger partial charge in [-0.2, -0.15) is 9.61 Å². The van der Waals surface area contributed by atoms with Crippen LogP contribution >= 0.6 is 11.3 Å². The van der Waals surface area contributed by atoms with Crippen molar-refractivity contribution in [3.8, 4) is 0 Å². The van der Waals surface area contributed by atoms with Crippen molar-refractivity contribution in [2.45, 2.75) is 32.1 Å². The number of carboxylic acids is 1. The van der Waals surface area contributed by atoms with Crippen LogP contribution in [0.2, 0.25) is 0 Å². The van der Waals surface area contributed by atoms with Crippen LogP contribution in [0.15, 0.2) is 0 Å². The van der Waals surface area contributed by atoms with Gasteiger partial charge in [-0.15, -0.1) is 10.2 Å². The fourth-order valence-corrected chi connectivity index (χ4v) is 3.25. The maximum absolute atomic E-state index is 11.1. The fourth-order valence-electron chi connectivity index (χ4n) is 2.25. The highest BCUT2D eigenvalue weighted by atomic mass is 32.1. The van der Waals surface area contributed by atoms with E-state index in [4.69, 9.17) is 9.84 Å². The maximum atomic E-state index is 11.1. The van der Waals surface area contributed by atoms with Gasteiger partial charge in [0.1, 0.15) is 5.01 Å². The Hall–Kier alpha value is -1.54. The first kappa shape index (κ1) is 13.4. The van der Waals surface area contributed by atoms with Gasteiger partial charge >= 0.3 is 5.97 Å². The number of rotatable bonds is 4. The minimum absolute atomic E-state index is 0.146. The molecule has 7 nitrogen and oxygen atoms in total. The van der Waals surface area contributed by atoms with Crippen LogP contribution in [0.25, 0.3) is 4.96 Å². The Balaban J connectivity index is 1.93. The van der Waals surface area contributed by atoms with Crippen LogP contribution in [0.5, 0.6) is 0 Å². The smallest absolute Gasteiger partial charge is 0.306 e. The molecule has 1 fully saturated rings. The van der Waals surface area contributed by atoms with E-state index in [1.165, 1.54) is 11.3 Å². The second kappa shape index (κ2) is 5.10. The van der Waals surface area contributed by atoms with Gasteiger partial charge in [0.25, 0.3) is 0 Å². The average Bonchev–Trinajstić information content (AvgIpc) is 3.11. The lowest BCUT2D eigenvalue weighted by atomic mass is 9.97. The summed E-state index contributed by atoms with van der Waals surface area (Å²) in [5.41, 5.74) is 0. The summed E-state index contributed by atoms with van der Waals surface area (Å²) in [5.74, 6) is -0.390. The molecule has 0 radical (unpaired) electrons. The monoisotopic (exact) mass is 296 g/mol. The molecule has 3 atom stereocenters. The van der Waals surface area contributed by atoms with Crippen LogP contribution in [0.1, 0.15) is 42.9 Å². The van der Waals surface area contributed by atoms with Crippen molar-refractivity contribution in [1.29, 1.82) is 0 Å². The highest BCUT2D eigenvalue weighted by molar-refractivity contribution is 7.16. The van der Waals surface area contributed by atoms with Crippen molar-refractivity contribution < 1.29 is 14.6 Å². The number of hydrogen-bond acceptors (Lipinski definition) is 6. The normalized spacial score (nSPS) is 22.2. The van der Waals surface area contributed by atoms with Gasteiger partial charge < -0.3 is 9.84 Å². The van der Waals surface area contributed by atoms with Gasteiger partial charge in [-0.25, -0.2) is 0 Å². The molecule has 1 aliphatic heterocycles. The summed E-state index contributed by atoms with van der Waals surface area (Å²) in [6.07, 6.45) is 0.925. The van der Waals surface area contributed by atoms with Crippen LogP contribution < -0.4 is 0 Å². The van der Waals surface area contributed by atoms with E-state index in [9.17, 15) is 4.79 Å². The third-order valence-electron chi connectivity index (χ3n) is 3.85. The minimum atomic E-state index is -0.812. The van der Waals surface area contributed by atoms with Crippen molar-refractivity contribution >= 4 is 22.3 Å². The summed E-state index contributed by atoms with van der Waals surface area (Å²) in [4.78, 5) is 11.8. The average molecular weight is 296 g/mol. The molecule has 1 N–H and O–H groups in total. The van der Waals surface area contributed by atoms with E-state index in [2.05, 4.69) is 15.3 Å². The van der Waals surface area contributed by atoms with Gasteiger partial charge in [-0.1, -0.05) is 25.2 Å². The molecule has 20 heavy (non-hydrogen) atoms. The summed E-state index contributed by atoms with van der Waals surface area (Å²) in [6.45, 7) is 4.96. The Labute approximate surface area is 119 Å². The van der Waals surface area contributed by atoms with Crippen molar-refractivity contribution in [2.24, 2.45) is 5.92 Å². The number of nitrogens with zero attached hydrogens (tertiary/aromatic N) is 4. The van der Waals surface area contributed by atoms with E-state index in [0.29, 0.717) is 11.6 Å². The molecule has 1 aliphatic rings. The Morgan fingerprint density at radius 2 is 2.30 bits per heavy atom. The molecule has 3 heterocycles. The van der Waals surface area contributed by atoms with Gasteiger partial charge in [0.15, 0.2) is 5.82 Å². The topological polar surface area (TPSA) is 89.6 Å². The molecule has 0 saturated carbocycles. The number of fused-ring (bicyclic) bond motifs is 1. The van der Waals surface area contributed by atoms with Crippen LogP contribution in [0.3, 0.4) is 0 Å². The second-order valence-corrected chi connectivity index (χ2v) is 6.16. The number of carbonyl (C=O) groups is 1. The van der Waals surface area contributed by atoms with Gasteiger partial charge in [0, 0.05) is 18.4 Å². The number of ether oxygens (including phenoxy) is 1. The molecular weight excluding hydrogens is 280 g/mol. The lowest BCUT2D eigenvalue weighted by molar-refractivity contribution is -0.141. The quantitative estimate of drug-likeness (QED) is 0.920. The van der Waals surface area contributed by atoms with E-state index in [0.717, 1.165) is 23.9 Å². The van der Waals surface area contributed by atoms with E-state index in [1.807, 2.05) is 6.92 Å². The van der Waals surface area contributed by atoms with Gasteiger partial charge in [0.05, 0.1) is 12.5 Å². The molecule has 108 valence electrons. The maximum Gasteiger partial charge on any atom is 0.306 e. The first-order valence-electron chi connectivity index (χ1n) is 6.60. The summed E-state index contributed by atoms with van der Waals surface area (Å²) in [5, 5.41) is 22.7. The number of carboxylic acid groups (broad SMARTS) is 1. The first-order chi connectivity index (χ1) is 9.58. The van der Waals surface area contributed by atoms with Crippen molar-refractivity contribution in [1.82, 2.24) is 19.8 Å². The molecule has 0 amide bonds. The van der Waals surface area contributed by atoms with Crippen molar-refractivity contribution in [3.05, 3.63) is 10.8 Å². The first-order valence-corrected chi connectivity index (χ1v) is 7.42. The van der Waals surface area contributed by atoms with E-state index < -0.39 is 11.9 Å². The third kappa shape index (κ3) is 2.18. The summed E-state index contributed by atoms with van der Waals surface area (Å²) >= 11 is 1.40. The van der Waals surface area contributed by atoms with Gasteiger partial charge in [-0.05, 0) is 6.42 Å². The van der Waals surface area contributed by atoms with E-state index >= 15 is 0 Å². The van der Waals surface area contributed by atoms with Crippen LogP contribution in [0, 0.1) is 5.92 Å². The molecule has 0 aliphatic carbocycles. The number of aromatic nitrogens is 4. The van der Waals surface area contributed by atoms with Crippen LogP contribution in [-0.2, 0) is 9.53 Å². The number of aliphatic carboxylic acids is 1. The van der Waals surface area contributed by atoms with E-state index in [1.54, 1.807) is 11.4 Å². The highest BCUT2D eigenvalue weighted by Gasteiger charge is 2.28. The molecule has 3 rings (SSSR count). The zero-order chi connectivity index (χ0) is 14.3. The minimum Gasteiger partial charge on any atom is -0.481 e. The molecule has 3 unspecified atom stereocenters. The van der Waals surface area contributed by atoms with Crippen molar-refractivity contribution in [3.63, 3.8) is 0 Å². The molecule has 2 aromatic rings. The molecule has 0 spiro atoms. The SMILES string of the molecule is CC(C(=O)O)C(C)c1nn2c(C3CCOC3)nnc2s1. The van der Waals surface area contributed by atoms with Gasteiger partial charge in [0.2, 0.25) is 4.96 Å². The Morgan fingerprint density at radius 1 is 1.50 bits per heavy atom. The summed E-state index contributed by atoms with van der Waals surface area (Å²) < 4.78 is 7.11. The fraction of sp³-hybridized carbons (Fsp3) is 0.667. The predicted molar refractivity (Wildman–Crippen MR) is 72.1 cm³/mol. The van der Waals surface area contributed by atoms with Crippen molar-refractivity contribution in [2.75, 3.05) is 13.2 Å². The molecule has 8 heteroatoms. The molecule has 0 aromatic carbocycles. The van der Waals surface area contributed by atoms with Gasteiger partial charge in [-0.3, -0.25) is 4.79 Å². The molecular formula is C12H16N4O3S. The third-order valence-corrected chi connectivity index (χ3v) is 4.95. The van der Waals surface area contributed by atoms with Crippen LogP contribution in [0.4, 0.5) is 0 Å². The molecule has 1 saturated heterocycles. The lowest BCUT2D eigenvalue weighted by Crippen LogP contribution is -2.17.